The summed E-state index contributed by atoms with van der Waals surface area (Å²) in [4.78, 5) is 13.5. The summed E-state index contributed by atoms with van der Waals surface area (Å²) in [7, 11) is 1.76. The number of rotatable bonds is 4. The smallest absolute Gasteiger partial charge is 0.161 e. The lowest BCUT2D eigenvalue weighted by Crippen LogP contribution is -2.24. The number of hydrogen-bond donors (Lipinski definition) is 0. The van der Waals surface area contributed by atoms with Crippen molar-refractivity contribution in [2.75, 3.05) is 11.9 Å². The highest BCUT2D eigenvalue weighted by Crippen LogP contribution is 2.30. The molecule has 0 aliphatic carbocycles. The zero-order valence-corrected chi connectivity index (χ0v) is 12.2. The summed E-state index contributed by atoms with van der Waals surface area (Å²) < 4.78 is 27.2. The van der Waals surface area contributed by atoms with Crippen LogP contribution < -0.4 is 4.90 Å². The molecule has 0 heterocycles. The summed E-state index contributed by atoms with van der Waals surface area (Å²) in [5.41, 5.74) is 1.40. The van der Waals surface area contributed by atoms with E-state index in [0.717, 1.165) is 0 Å². The van der Waals surface area contributed by atoms with Gasteiger partial charge in [-0.2, -0.15) is 0 Å². The fourth-order valence-electron chi connectivity index (χ4n) is 2.33. The second kappa shape index (κ2) is 6.04. The molecule has 0 aromatic heterocycles. The van der Waals surface area contributed by atoms with E-state index < -0.39 is 5.82 Å². The van der Waals surface area contributed by atoms with Gasteiger partial charge in [0.25, 0.3) is 0 Å². The molecule has 0 saturated heterocycles. The van der Waals surface area contributed by atoms with Crippen LogP contribution in [-0.2, 0) is 0 Å². The molecule has 0 aliphatic heterocycles. The molecule has 4 heteroatoms. The van der Waals surface area contributed by atoms with Gasteiger partial charge in [-0.05, 0) is 38.1 Å². The third-order valence-electron chi connectivity index (χ3n) is 3.65. The van der Waals surface area contributed by atoms with Crippen LogP contribution in [0.15, 0.2) is 42.5 Å². The molecular formula is C17H17F2NO. The topological polar surface area (TPSA) is 20.3 Å². The number of benzene rings is 2. The second-order valence-electron chi connectivity index (χ2n) is 5.03. The number of nitrogens with zero attached hydrogens (tertiary/aromatic N) is 1. The van der Waals surface area contributed by atoms with E-state index in [2.05, 4.69) is 0 Å². The Balaban J connectivity index is 2.43. The van der Waals surface area contributed by atoms with Gasteiger partial charge in [0.15, 0.2) is 5.78 Å². The summed E-state index contributed by atoms with van der Waals surface area (Å²) in [5, 5.41) is 0. The minimum Gasteiger partial charge on any atom is -0.367 e. The Hall–Kier alpha value is -2.23. The van der Waals surface area contributed by atoms with Crippen molar-refractivity contribution in [1.82, 2.24) is 0 Å². The van der Waals surface area contributed by atoms with Gasteiger partial charge in [-0.1, -0.05) is 18.2 Å². The maximum absolute atomic E-state index is 13.9. The lowest BCUT2D eigenvalue weighted by molar-refractivity contribution is 0.101. The van der Waals surface area contributed by atoms with Gasteiger partial charge in [0.05, 0.1) is 6.04 Å². The Labute approximate surface area is 123 Å². The van der Waals surface area contributed by atoms with Crippen molar-refractivity contribution in [2.45, 2.75) is 19.9 Å². The molecule has 21 heavy (non-hydrogen) atoms. The average molecular weight is 289 g/mol. The molecule has 2 rings (SSSR count). The molecule has 2 nitrogen and oxygen atoms in total. The summed E-state index contributed by atoms with van der Waals surface area (Å²) in [6.45, 7) is 3.23. The first-order valence-corrected chi connectivity index (χ1v) is 6.69. The van der Waals surface area contributed by atoms with Gasteiger partial charge in [0.1, 0.15) is 11.6 Å². The van der Waals surface area contributed by atoms with Gasteiger partial charge in [0.2, 0.25) is 0 Å². The van der Waals surface area contributed by atoms with E-state index in [4.69, 9.17) is 0 Å². The third-order valence-corrected chi connectivity index (χ3v) is 3.65. The molecule has 1 atom stereocenters. The van der Waals surface area contributed by atoms with E-state index in [-0.39, 0.29) is 17.6 Å². The van der Waals surface area contributed by atoms with E-state index in [0.29, 0.717) is 16.8 Å². The molecule has 0 fully saturated rings. The number of hydrogen-bond acceptors (Lipinski definition) is 2. The zero-order valence-electron chi connectivity index (χ0n) is 12.2. The molecule has 0 amide bonds. The van der Waals surface area contributed by atoms with Crippen LogP contribution in [0.25, 0.3) is 0 Å². The maximum Gasteiger partial charge on any atom is 0.161 e. The van der Waals surface area contributed by atoms with Crippen LogP contribution in [0, 0.1) is 11.6 Å². The summed E-state index contributed by atoms with van der Waals surface area (Å²) >= 11 is 0. The number of carbonyl (C=O) groups excluding carboxylic acids is 1. The Bertz CT molecular complexity index is 670. The first-order chi connectivity index (χ1) is 9.91. The minimum absolute atomic E-state index is 0.225. The van der Waals surface area contributed by atoms with E-state index in [1.807, 2.05) is 6.92 Å². The molecule has 0 spiro atoms. The van der Waals surface area contributed by atoms with Crippen molar-refractivity contribution in [3.63, 3.8) is 0 Å². The van der Waals surface area contributed by atoms with Crippen molar-refractivity contribution in [2.24, 2.45) is 0 Å². The lowest BCUT2D eigenvalue weighted by atomic mass is 10.0. The minimum atomic E-state index is -0.462. The second-order valence-corrected chi connectivity index (χ2v) is 5.03. The van der Waals surface area contributed by atoms with Crippen molar-refractivity contribution in [3.05, 3.63) is 65.2 Å². The van der Waals surface area contributed by atoms with Gasteiger partial charge in [-0.25, -0.2) is 8.78 Å². The highest BCUT2D eigenvalue weighted by molar-refractivity contribution is 5.99. The quantitative estimate of drug-likeness (QED) is 0.779. The van der Waals surface area contributed by atoms with Crippen molar-refractivity contribution >= 4 is 11.5 Å². The van der Waals surface area contributed by atoms with Crippen LogP contribution in [-0.4, -0.2) is 12.8 Å². The normalized spacial score (nSPS) is 12.0. The van der Waals surface area contributed by atoms with Gasteiger partial charge in [0, 0.05) is 23.9 Å². The third kappa shape index (κ3) is 3.10. The highest BCUT2D eigenvalue weighted by atomic mass is 19.1. The van der Waals surface area contributed by atoms with Crippen molar-refractivity contribution in [3.8, 4) is 0 Å². The Morgan fingerprint density at radius 3 is 2.43 bits per heavy atom. The van der Waals surface area contributed by atoms with Crippen LogP contribution in [0.3, 0.4) is 0 Å². The summed E-state index contributed by atoms with van der Waals surface area (Å²) in [6.07, 6.45) is 0. The molecular weight excluding hydrogens is 272 g/mol. The number of anilines is 1. The van der Waals surface area contributed by atoms with Gasteiger partial charge < -0.3 is 4.90 Å². The highest BCUT2D eigenvalue weighted by Gasteiger charge is 2.19. The first kappa shape index (κ1) is 15.2. The van der Waals surface area contributed by atoms with E-state index >= 15 is 0 Å². The molecule has 2 aromatic carbocycles. The average Bonchev–Trinajstić information content (AvgIpc) is 2.46. The largest absolute Gasteiger partial charge is 0.367 e. The fourth-order valence-corrected chi connectivity index (χ4v) is 2.33. The predicted molar refractivity (Wildman–Crippen MR) is 79.6 cm³/mol. The van der Waals surface area contributed by atoms with Crippen LogP contribution in [0.1, 0.15) is 35.8 Å². The molecule has 0 bridgehead atoms. The molecule has 2 aromatic rings. The summed E-state index contributed by atoms with van der Waals surface area (Å²) in [6, 6.07) is 10.3. The van der Waals surface area contributed by atoms with Gasteiger partial charge in [-0.3, -0.25) is 4.79 Å². The predicted octanol–water partition coefficient (Wildman–Crippen LogP) is 4.36. The molecule has 0 radical (unpaired) electrons. The standard InChI is InChI=1S/C17H17F2NO/c1-11(14-6-4-5-7-16(14)19)20(3)17-9-8-13(18)10-15(17)12(2)21/h4-11H,1-3H3. The van der Waals surface area contributed by atoms with E-state index in [1.165, 1.54) is 25.1 Å². The van der Waals surface area contributed by atoms with E-state index in [1.54, 1.807) is 36.2 Å². The molecule has 1 unspecified atom stereocenters. The lowest BCUT2D eigenvalue weighted by Gasteiger charge is -2.29. The maximum atomic E-state index is 13.9. The fraction of sp³-hybridized carbons (Fsp3) is 0.235. The molecule has 0 N–H and O–H groups in total. The number of carbonyl (C=O) groups is 1. The Kier molecular flexibility index (Phi) is 4.36. The van der Waals surface area contributed by atoms with Crippen LogP contribution in [0.2, 0.25) is 0 Å². The zero-order chi connectivity index (χ0) is 15.6. The summed E-state index contributed by atoms with van der Waals surface area (Å²) in [5.74, 6) is -0.990. The molecule has 110 valence electrons. The number of halogens is 2. The van der Waals surface area contributed by atoms with Crippen molar-refractivity contribution < 1.29 is 13.6 Å². The monoisotopic (exact) mass is 289 g/mol. The van der Waals surface area contributed by atoms with Crippen molar-refractivity contribution in [1.29, 1.82) is 0 Å². The van der Waals surface area contributed by atoms with Gasteiger partial charge in [-0.15, -0.1) is 0 Å². The van der Waals surface area contributed by atoms with Gasteiger partial charge >= 0.3 is 0 Å². The van der Waals surface area contributed by atoms with E-state index in [9.17, 15) is 13.6 Å². The Morgan fingerprint density at radius 1 is 1.14 bits per heavy atom. The number of Topliss-reactive ketones (excluding diaryl/α,β-unsaturated/α-hetero) is 1. The molecule has 0 aliphatic rings. The first-order valence-electron chi connectivity index (χ1n) is 6.69. The van der Waals surface area contributed by atoms with Crippen LogP contribution in [0.4, 0.5) is 14.5 Å². The van der Waals surface area contributed by atoms with Crippen LogP contribution >= 0.6 is 0 Å². The van der Waals surface area contributed by atoms with Crippen LogP contribution in [0.5, 0.6) is 0 Å². The SMILES string of the molecule is CC(=O)c1cc(F)ccc1N(C)C(C)c1ccccc1F. The Morgan fingerprint density at radius 2 is 1.81 bits per heavy atom. The molecule has 0 saturated carbocycles. The number of ketones is 1.